The maximum absolute atomic E-state index is 11.0. The summed E-state index contributed by atoms with van der Waals surface area (Å²) in [5.74, 6) is 0.207. The molecule has 6 nitrogen and oxygen atoms in total. The first kappa shape index (κ1) is 9.71. The van der Waals surface area contributed by atoms with Gasteiger partial charge in [-0.15, -0.1) is 0 Å². The lowest BCUT2D eigenvalue weighted by Crippen LogP contribution is -1.99. The summed E-state index contributed by atoms with van der Waals surface area (Å²) in [6.45, 7) is 0.186. The molecule has 2 heterocycles. The molecule has 0 radical (unpaired) electrons. The number of ether oxygens (including phenoxy) is 2. The van der Waals surface area contributed by atoms with Gasteiger partial charge in [0.05, 0.1) is 6.33 Å². The lowest BCUT2D eigenvalue weighted by atomic mass is 10.1. The van der Waals surface area contributed by atoms with Crippen LogP contribution in [0.4, 0.5) is 0 Å². The van der Waals surface area contributed by atoms with Crippen molar-refractivity contribution < 1.29 is 19.4 Å². The molecule has 0 saturated heterocycles. The molecule has 0 saturated carbocycles. The van der Waals surface area contributed by atoms with E-state index in [9.17, 15) is 4.79 Å². The zero-order chi connectivity index (χ0) is 11.8. The monoisotopic (exact) mass is 232 g/mol. The third kappa shape index (κ3) is 1.50. The number of aromatic nitrogens is 2. The Labute approximate surface area is 95.8 Å². The summed E-state index contributed by atoms with van der Waals surface area (Å²) in [7, 11) is 0. The second kappa shape index (κ2) is 3.51. The fraction of sp³-hybridized carbons (Fsp3) is 0.0909. The second-order valence-corrected chi connectivity index (χ2v) is 3.50. The van der Waals surface area contributed by atoms with Crippen molar-refractivity contribution >= 4 is 5.97 Å². The van der Waals surface area contributed by atoms with Crippen molar-refractivity contribution in [3.8, 4) is 22.8 Å². The van der Waals surface area contributed by atoms with Crippen LogP contribution >= 0.6 is 0 Å². The predicted octanol–water partition coefficient (Wildman–Crippen LogP) is 1.50. The number of aromatic carboxylic acids is 1. The van der Waals surface area contributed by atoms with Gasteiger partial charge in [0.15, 0.2) is 17.2 Å². The van der Waals surface area contributed by atoms with E-state index in [-0.39, 0.29) is 12.5 Å². The number of hydrogen-bond donors (Lipinski definition) is 2. The highest BCUT2D eigenvalue weighted by atomic mass is 16.7. The lowest BCUT2D eigenvalue weighted by molar-refractivity contribution is 0.0692. The summed E-state index contributed by atoms with van der Waals surface area (Å²) in [6.07, 6.45) is 1.35. The summed E-state index contributed by atoms with van der Waals surface area (Å²) < 4.78 is 10.4. The van der Waals surface area contributed by atoms with E-state index in [0.29, 0.717) is 22.8 Å². The molecule has 2 aromatic rings. The molecule has 0 atom stereocenters. The lowest BCUT2D eigenvalue weighted by Gasteiger charge is -2.01. The summed E-state index contributed by atoms with van der Waals surface area (Å²) in [6, 6.07) is 5.19. The van der Waals surface area contributed by atoms with Crippen molar-refractivity contribution in [1.29, 1.82) is 0 Å². The number of fused-ring (bicyclic) bond motifs is 1. The van der Waals surface area contributed by atoms with Crippen molar-refractivity contribution in [1.82, 2.24) is 9.97 Å². The standard InChI is InChI=1S/C11H8N2O4/c14-11(15)10-9(12-4-13-10)6-1-2-7-8(3-6)17-5-16-7/h1-4H,5H2,(H,12,13)(H,14,15). The van der Waals surface area contributed by atoms with Crippen LogP contribution in [0.2, 0.25) is 0 Å². The normalized spacial score (nSPS) is 12.7. The van der Waals surface area contributed by atoms with Gasteiger partial charge in [-0.2, -0.15) is 0 Å². The molecule has 17 heavy (non-hydrogen) atoms. The quantitative estimate of drug-likeness (QED) is 0.819. The van der Waals surface area contributed by atoms with E-state index in [0.717, 1.165) is 0 Å². The van der Waals surface area contributed by atoms with Gasteiger partial charge in [-0.3, -0.25) is 0 Å². The Hall–Kier alpha value is -2.50. The smallest absolute Gasteiger partial charge is 0.354 e. The summed E-state index contributed by atoms with van der Waals surface area (Å²) in [4.78, 5) is 17.6. The Morgan fingerprint density at radius 1 is 1.35 bits per heavy atom. The first-order chi connectivity index (χ1) is 8.25. The number of imidazole rings is 1. The van der Waals surface area contributed by atoms with Crippen LogP contribution in [0.25, 0.3) is 11.3 Å². The molecule has 0 spiro atoms. The van der Waals surface area contributed by atoms with Crippen molar-refractivity contribution in [2.24, 2.45) is 0 Å². The molecule has 2 N–H and O–H groups in total. The van der Waals surface area contributed by atoms with Crippen LogP contribution in [-0.4, -0.2) is 27.8 Å². The van der Waals surface area contributed by atoms with E-state index in [4.69, 9.17) is 14.6 Å². The SMILES string of the molecule is O=C(O)c1[nH]cnc1-c1ccc2c(c1)OCO2. The van der Waals surface area contributed by atoms with Gasteiger partial charge in [-0.05, 0) is 18.2 Å². The number of carboxylic acid groups (broad SMARTS) is 1. The number of H-pyrrole nitrogens is 1. The first-order valence-corrected chi connectivity index (χ1v) is 4.92. The Balaban J connectivity index is 2.09. The Kier molecular flexibility index (Phi) is 2.01. The number of nitrogens with zero attached hydrogens (tertiary/aromatic N) is 1. The molecular weight excluding hydrogens is 224 g/mol. The van der Waals surface area contributed by atoms with Crippen LogP contribution in [0.1, 0.15) is 10.5 Å². The Morgan fingerprint density at radius 2 is 2.18 bits per heavy atom. The highest BCUT2D eigenvalue weighted by Crippen LogP contribution is 2.35. The largest absolute Gasteiger partial charge is 0.477 e. The highest BCUT2D eigenvalue weighted by Gasteiger charge is 2.18. The minimum Gasteiger partial charge on any atom is -0.477 e. The maximum atomic E-state index is 11.0. The van der Waals surface area contributed by atoms with E-state index in [1.54, 1.807) is 18.2 Å². The number of rotatable bonds is 2. The van der Waals surface area contributed by atoms with Gasteiger partial charge in [-0.25, -0.2) is 9.78 Å². The van der Waals surface area contributed by atoms with Gasteiger partial charge in [0.2, 0.25) is 6.79 Å². The minimum absolute atomic E-state index is 0.0591. The van der Waals surface area contributed by atoms with Gasteiger partial charge < -0.3 is 19.6 Å². The molecule has 1 aliphatic heterocycles. The minimum atomic E-state index is -1.05. The topological polar surface area (TPSA) is 84.4 Å². The molecule has 6 heteroatoms. The Morgan fingerprint density at radius 3 is 3.00 bits per heavy atom. The molecule has 1 aromatic heterocycles. The molecule has 86 valence electrons. The summed E-state index contributed by atoms with van der Waals surface area (Å²) in [5, 5.41) is 8.98. The average molecular weight is 232 g/mol. The van der Waals surface area contributed by atoms with Gasteiger partial charge in [0.1, 0.15) is 5.69 Å². The molecular formula is C11H8N2O4. The molecule has 0 bridgehead atoms. The van der Waals surface area contributed by atoms with Crippen molar-refractivity contribution in [3.05, 3.63) is 30.2 Å². The molecule has 3 rings (SSSR count). The maximum Gasteiger partial charge on any atom is 0.354 e. The van der Waals surface area contributed by atoms with E-state index < -0.39 is 5.97 Å². The van der Waals surface area contributed by atoms with Crippen LogP contribution in [0.15, 0.2) is 24.5 Å². The number of carbonyl (C=O) groups is 1. The predicted molar refractivity (Wildman–Crippen MR) is 57.1 cm³/mol. The Bertz CT molecular complexity index is 591. The number of carboxylic acids is 1. The van der Waals surface area contributed by atoms with Crippen LogP contribution in [-0.2, 0) is 0 Å². The molecule has 0 amide bonds. The molecule has 0 unspecified atom stereocenters. The number of hydrogen-bond acceptors (Lipinski definition) is 4. The van der Waals surface area contributed by atoms with Crippen LogP contribution in [0.5, 0.6) is 11.5 Å². The van der Waals surface area contributed by atoms with E-state index >= 15 is 0 Å². The highest BCUT2D eigenvalue weighted by molar-refractivity contribution is 5.92. The van der Waals surface area contributed by atoms with Gasteiger partial charge in [-0.1, -0.05) is 0 Å². The zero-order valence-electron chi connectivity index (χ0n) is 8.64. The fourth-order valence-electron chi connectivity index (χ4n) is 1.72. The van der Waals surface area contributed by atoms with Gasteiger partial charge in [0, 0.05) is 5.56 Å². The van der Waals surface area contributed by atoms with E-state index in [1.807, 2.05) is 0 Å². The third-order valence-electron chi connectivity index (χ3n) is 2.50. The van der Waals surface area contributed by atoms with Crippen LogP contribution < -0.4 is 9.47 Å². The van der Waals surface area contributed by atoms with E-state index in [2.05, 4.69) is 9.97 Å². The number of benzene rings is 1. The van der Waals surface area contributed by atoms with Gasteiger partial charge in [0.25, 0.3) is 0 Å². The zero-order valence-corrected chi connectivity index (χ0v) is 8.64. The molecule has 0 aliphatic carbocycles. The van der Waals surface area contributed by atoms with Crippen LogP contribution in [0.3, 0.4) is 0 Å². The average Bonchev–Trinajstić information content (AvgIpc) is 2.96. The molecule has 0 fully saturated rings. The van der Waals surface area contributed by atoms with Crippen molar-refractivity contribution in [2.45, 2.75) is 0 Å². The molecule has 1 aromatic carbocycles. The summed E-state index contributed by atoms with van der Waals surface area (Å²) in [5.41, 5.74) is 1.12. The van der Waals surface area contributed by atoms with Gasteiger partial charge >= 0.3 is 5.97 Å². The van der Waals surface area contributed by atoms with E-state index in [1.165, 1.54) is 6.33 Å². The number of aromatic amines is 1. The van der Waals surface area contributed by atoms with Crippen molar-refractivity contribution in [2.75, 3.05) is 6.79 Å². The van der Waals surface area contributed by atoms with Crippen LogP contribution in [0, 0.1) is 0 Å². The number of nitrogens with one attached hydrogen (secondary N) is 1. The summed E-state index contributed by atoms with van der Waals surface area (Å²) >= 11 is 0. The second-order valence-electron chi connectivity index (χ2n) is 3.50. The fourth-order valence-corrected chi connectivity index (χ4v) is 1.72. The molecule has 1 aliphatic rings. The first-order valence-electron chi connectivity index (χ1n) is 4.92. The van der Waals surface area contributed by atoms with Crippen molar-refractivity contribution in [3.63, 3.8) is 0 Å². The third-order valence-corrected chi connectivity index (χ3v) is 2.50.